The minimum atomic E-state index is -2.92. The van der Waals surface area contributed by atoms with Gasteiger partial charge in [-0.1, -0.05) is 0 Å². The standard InChI is InChI=1S/C11H7NO9/c12-9(17)11(20-7(15)3-4-8(16)21-11)10-18-5(13)1-2-6(14)19-10/h1-4,10H,(H2,12,17). The topological polar surface area (TPSA) is 148 Å². The first-order valence-corrected chi connectivity index (χ1v) is 5.37. The van der Waals surface area contributed by atoms with Crippen LogP contribution in [0.25, 0.3) is 0 Å². The number of primary amides is 1. The molecule has 1 amide bonds. The summed E-state index contributed by atoms with van der Waals surface area (Å²) >= 11 is 0. The van der Waals surface area contributed by atoms with Crippen molar-refractivity contribution in [2.45, 2.75) is 12.1 Å². The minimum absolute atomic E-state index is 0.658. The highest BCUT2D eigenvalue weighted by molar-refractivity contribution is 5.99. The summed E-state index contributed by atoms with van der Waals surface area (Å²) in [6.07, 6.45) is 0.542. The second kappa shape index (κ2) is 5.07. The van der Waals surface area contributed by atoms with E-state index in [9.17, 15) is 24.0 Å². The molecule has 0 saturated heterocycles. The fraction of sp³-hybridized carbons (Fsp3) is 0.182. The van der Waals surface area contributed by atoms with Crippen LogP contribution < -0.4 is 5.73 Å². The van der Waals surface area contributed by atoms with Crippen molar-refractivity contribution >= 4 is 29.8 Å². The first-order valence-electron chi connectivity index (χ1n) is 5.37. The van der Waals surface area contributed by atoms with Gasteiger partial charge in [-0.3, -0.25) is 4.79 Å². The van der Waals surface area contributed by atoms with Gasteiger partial charge in [-0.2, -0.15) is 0 Å². The number of carbonyl (C=O) groups excluding carboxylic acids is 5. The van der Waals surface area contributed by atoms with E-state index >= 15 is 0 Å². The van der Waals surface area contributed by atoms with E-state index in [1.54, 1.807) is 0 Å². The zero-order valence-corrected chi connectivity index (χ0v) is 10.1. The largest absolute Gasteiger partial charge is 0.413 e. The molecule has 0 unspecified atom stereocenters. The van der Waals surface area contributed by atoms with Gasteiger partial charge in [-0.15, -0.1) is 0 Å². The van der Waals surface area contributed by atoms with Crippen molar-refractivity contribution in [2.75, 3.05) is 0 Å². The molecule has 110 valence electrons. The molecule has 2 aliphatic heterocycles. The average Bonchev–Trinajstić information content (AvgIpc) is 2.66. The van der Waals surface area contributed by atoms with E-state index in [2.05, 4.69) is 18.9 Å². The number of esters is 4. The van der Waals surface area contributed by atoms with Crippen LogP contribution in [-0.2, 0) is 42.9 Å². The van der Waals surface area contributed by atoms with E-state index in [0.717, 1.165) is 0 Å². The van der Waals surface area contributed by atoms with Crippen LogP contribution >= 0.6 is 0 Å². The predicted octanol–water partition coefficient (Wildman–Crippen LogP) is -2.19. The Morgan fingerprint density at radius 1 is 0.857 bits per heavy atom. The molecule has 0 fully saturated rings. The van der Waals surface area contributed by atoms with Crippen LogP contribution in [0.5, 0.6) is 0 Å². The van der Waals surface area contributed by atoms with Gasteiger partial charge < -0.3 is 24.7 Å². The molecule has 2 heterocycles. The Balaban J connectivity index is 2.44. The first kappa shape index (κ1) is 14.2. The van der Waals surface area contributed by atoms with E-state index < -0.39 is 41.9 Å². The minimum Gasteiger partial charge on any atom is -0.413 e. The third-order valence-corrected chi connectivity index (χ3v) is 2.32. The molecule has 0 aliphatic carbocycles. The summed E-state index contributed by atoms with van der Waals surface area (Å²) in [4.78, 5) is 57.0. The smallest absolute Gasteiger partial charge is 0.413 e. The van der Waals surface area contributed by atoms with Crippen LogP contribution in [0.2, 0.25) is 0 Å². The molecule has 0 saturated carbocycles. The summed E-state index contributed by atoms with van der Waals surface area (Å²) in [7, 11) is 0. The molecule has 0 spiro atoms. The summed E-state index contributed by atoms with van der Waals surface area (Å²) in [5.74, 6) is -9.02. The van der Waals surface area contributed by atoms with E-state index in [0.29, 0.717) is 24.3 Å². The average molecular weight is 297 g/mol. The Labute approximate surface area is 116 Å². The molecular formula is C11H7NO9. The maximum absolute atomic E-state index is 11.6. The van der Waals surface area contributed by atoms with Crippen molar-refractivity contribution in [1.29, 1.82) is 0 Å². The molecule has 0 atom stereocenters. The first-order chi connectivity index (χ1) is 9.83. The van der Waals surface area contributed by atoms with E-state index in [-0.39, 0.29) is 0 Å². The highest BCUT2D eigenvalue weighted by atomic mass is 16.8. The second-order valence-electron chi connectivity index (χ2n) is 3.75. The molecule has 10 nitrogen and oxygen atoms in total. The fourth-order valence-electron chi connectivity index (χ4n) is 1.44. The number of rotatable bonds is 2. The third kappa shape index (κ3) is 2.73. The molecule has 2 aliphatic rings. The second-order valence-corrected chi connectivity index (χ2v) is 3.75. The van der Waals surface area contributed by atoms with Gasteiger partial charge in [0.25, 0.3) is 0 Å². The highest BCUT2D eigenvalue weighted by Gasteiger charge is 2.58. The van der Waals surface area contributed by atoms with Gasteiger partial charge in [-0.05, 0) is 0 Å². The molecule has 2 N–H and O–H groups in total. The predicted molar refractivity (Wildman–Crippen MR) is 58.4 cm³/mol. The van der Waals surface area contributed by atoms with Crippen molar-refractivity contribution < 1.29 is 42.9 Å². The Morgan fingerprint density at radius 2 is 1.24 bits per heavy atom. The molecule has 10 heteroatoms. The van der Waals surface area contributed by atoms with Gasteiger partial charge in [0.15, 0.2) is 0 Å². The number of carbonyl (C=O) groups is 5. The van der Waals surface area contributed by atoms with E-state index in [1.807, 2.05) is 0 Å². The van der Waals surface area contributed by atoms with Gasteiger partial charge >= 0.3 is 41.9 Å². The SMILES string of the molecule is NC(=O)C1(C2OC(=O)C=CC(=O)O2)OC(=O)C=CC(=O)O1. The summed E-state index contributed by atoms with van der Waals surface area (Å²) < 4.78 is 18.4. The van der Waals surface area contributed by atoms with Crippen LogP contribution in [0.4, 0.5) is 0 Å². The molecule has 0 bridgehead atoms. The Hall–Kier alpha value is -3.17. The number of cyclic esters (lactones) is 4. The van der Waals surface area contributed by atoms with Gasteiger partial charge in [0.05, 0.1) is 0 Å². The van der Waals surface area contributed by atoms with Crippen molar-refractivity contribution in [2.24, 2.45) is 5.73 Å². The highest BCUT2D eigenvalue weighted by Crippen LogP contribution is 2.26. The molecule has 21 heavy (non-hydrogen) atoms. The van der Waals surface area contributed by atoms with E-state index in [1.165, 1.54) is 0 Å². The molecule has 0 radical (unpaired) electrons. The van der Waals surface area contributed by atoms with Gasteiger partial charge in [0.2, 0.25) is 0 Å². The molecule has 2 rings (SSSR count). The summed E-state index contributed by atoms with van der Waals surface area (Å²) in [5, 5.41) is 0. The lowest BCUT2D eigenvalue weighted by molar-refractivity contribution is -0.291. The Bertz CT molecular complexity index is 563. The molecule has 0 aromatic heterocycles. The van der Waals surface area contributed by atoms with Crippen molar-refractivity contribution in [3.63, 3.8) is 0 Å². The van der Waals surface area contributed by atoms with Crippen LogP contribution in [0.1, 0.15) is 0 Å². The lowest BCUT2D eigenvalue weighted by Gasteiger charge is -2.32. The van der Waals surface area contributed by atoms with Gasteiger partial charge in [-0.25, -0.2) is 19.2 Å². The van der Waals surface area contributed by atoms with E-state index in [4.69, 9.17) is 5.73 Å². The number of hydrogen-bond donors (Lipinski definition) is 1. The maximum Gasteiger partial charge on any atom is 0.413 e. The van der Waals surface area contributed by atoms with Crippen molar-refractivity contribution in [3.05, 3.63) is 24.3 Å². The van der Waals surface area contributed by atoms with Crippen LogP contribution in [0, 0.1) is 0 Å². The Kier molecular flexibility index (Phi) is 3.44. The Morgan fingerprint density at radius 3 is 1.62 bits per heavy atom. The third-order valence-electron chi connectivity index (χ3n) is 2.32. The van der Waals surface area contributed by atoms with Gasteiger partial charge in [0, 0.05) is 24.3 Å². The summed E-state index contributed by atoms with van der Waals surface area (Å²) in [5.41, 5.74) is 5.04. The monoisotopic (exact) mass is 297 g/mol. The van der Waals surface area contributed by atoms with Gasteiger partial charge in [0.1, 0.15) is 0 Å². The molecule has 0 aromatic carbocycles. The molecular weight excluding hydrogens is 290 g/mol. The quantitative estimate of drug-likeness (QED) is 0.560. The van der Waals surface area contributed by atoms with Crippen LogP contribution in [0.3, 0.4) is 0 Å². The zero-order valence-electron chi connectivity index (χ0n) is 10.1. The fourth-order valence-corrected chi connectivity index (χ4v) is 1.44. The van der Waals surface area contributed by atoms with Crippen molar-refractivity contribution in [3.8, 4) is 0 Å². The number of hydrogen-bond acceptors (Lipinski definition) is 9. The lowest BCUT2D eigenvalue weighted by atomic mass is 10.2. The normalized spacial score (nSPS) is 21.5. The lowest BCUT2D eigenvalue weighted by Crippen LogP contribution is -2.60. The number of nitrogens with two attached hydrogens (primary N) is 1. The van der Waals surface area contributed by atoms with Crippen molar-refractivity contribution in [1.82, 2.24) is 0 Å². The van der Waals surface area contributed by atoms with Crippen LogP contribution in [-0.4, -0.2) is 41.9 Å². The summed E-state index contributed by atoms with van der Waals surface area (Å²) in [6.45, 7) is 0. The summed E-state index contributed by atoms with van der Waals surface area (Å²) in [6, 6.07) is 0. The van der Waals surface area contributed by atoms with Crippen LogP contribution in [0.15, 0.2) is 24.3 Å². The zero-order chi connectivity index (χ0) is 15.6. The number of ether oxygens (including phenoxy) is 4. The number of amides is 1. The maximum atomic E-state index is 11.6. The molecule has 0 aromatic rings.